The molecule has 1 unspecified atom stereocenters. The van der Waals surface area contributed by atoms with Crippen LogP contribution in [0.15, 0.2) is 4.52 Å². The van der Waals surface area contributed by atoms with Crippen molar-refractivity contribution >= 4 is 0 Å². The zero-order valence-corrected chi connectivity index (χ0v) is 8.97. The molecule has 6 nitrogen and oxygen atoms in total. The number of methoxy groups -OCH3 is 1. The van der Waals surface area contributed by atoms with Gasteiger partial charge in [0.2, 0.25) is 0 Å². The minimum absolute atomic E-state index is 0.238. The van der Waals surface area contributed by atoms with Gasteiger partial charge in [0, 0.05) is 13.5 Å². The average molecular weight is 216 g/mol. The molecule has 0 bridgehead atoms. The third kappa shape index (κ3) is 4.37. The second-order valence-electron chi connectivity index (χ2n) is 3.08. The smallest absolute Gasteiger partial charge is 0.255 e. The maximum Gasteiger partial charge on any atom is 0.255 e. The van der Waals surface area contributed by atoms with Gasteiger partial charge in [-0.1, -0.05) is 5.16 Å². The summed E-state index contributed by atoms with van der Waals surface area (Å²) in [6.45, 7) is 3.22. The number of ether oxygens (including phenoxy) is 2. The highest BCUT2D eigenvalue weighted by atomic mass is 16.5. The highest BCUT2D eigenvalue weighted by molar-refractivity contribution is 4.88. The maximum atomic E-state index is 9.13. The molecule has 0 aliphatic heterocycles. The summed E-state index contributed by atoms with van der Waals surface area (Å²) in [4.78, 5) is 3.99. The van der Waals surface area contributed by atoms with Crippen LogP contribution < -0.4 is 0 Å². The molecule has 0 aliphatic carbocycles. The van der Waals surface area contributed by atoms with E-state index in [0.29, 0.717) is 32.1 Å². The summed E-state index contributed by atoms with van der Waals surface area (Å²) in [6, 6.07) is 0. The first-order valence-electron chi connectivity index (χ1n) is 4.81. The lowest BCUT2D eigenvalue weighted by atomic mass is 10.4. The molecule has 86 valence electrons. The normalized spacial score (nSPS) is 13.0. The molecule has 0 saturated carbocycles. The predicted octanol–water partition coefficient (Wildman–Crippen LogP) is 0.328. The Bertz CT molecular complexity index is 275. The van der Waals surface area contributed by atoms with Crippen LogP contribution in [0.25, 0.3) is 0 Å². The van der Waals surface area contributed by atoms with Gasteiger partial charge in [-0.2, -0.15) is 4.98 Å². The third-order valence-corrected chi connectivity index (χ3v) is 1.74. The molecule has 0 saturated heterocycles. The Kier molecular flexibility index (Phi) is 5.23. The SMILES string of the molecule is COCCOCCc1noc(C(C)O)n1. The molecule has 1 aromatic heterocycles. The van der Waals surface area contributed by atoms with Gasteiger partial charge in [-0.05, 0) is 6.92 Å². The average Bonchev–Trinajstić information content (AvgIpc) is 2.66. The van der Waals surface area contributed by atoms with Crippen LogP contribution in [0.1, 0.15) is 24.7 Å². The van der Waals surface area contributed by atoms with Gasteiger partial charge in [0.1, 0.15) is 6.10 Å². The van der Waals surface area contributed by atoms with Gasteiger partial charge in [0.25, 0.3) is 5.89 Å². The standard InChI is InChI=1S/C9H16N2O4/c1-7(12)9-10-8(11-15-9)3-4-14-6-5-13-2/h7,12H,3-6H2,1-2H3. The highest BCUT2D eigenvalue weighted by Gasteiger charge is 2.10. The number of aromatic nitrogens is 2. The van der Waals surface area contributed by atoms with Crippen molar-refractivity contribution in [2.75, 3.05) is 26.9 Å². The molecule has 6 heteroatoms. The van der Waals surface area contributed by atoms with E-state index in [1.54, 1.807) is 14.0 Å². The summed E-state index contributed by atoms with van der Waals surface area (Å²) in [7, 11) is 1.62. The summed E-state index contributed by atoms with van der Waals surface area (Å²) in [5.41, 5.74) is 0. The van der Waals surface area contributed by atoms with E-state index in [1.807, 2.05) is 0 Å². The van der Waals surface area contributed by atoms with Gasteiger partial charge in [-0.25, -0.2) is 0 Å². The number of rotatable bonds is 7. The molecule has 1 aromatic rings. The van der Waals surface area contributed by atoms with Crippen molar-refractivity contribution in [1.82, 2.24) is 10.1 Å². The lowest BCUT2D eigenvalue weighted by Gasteiger charge is -2.00. The summed E-state index contributed by atoms with van der Waals surface area (Å²) in [6.07, 6.45) is -0.152. The fraction of sp³-hybridized carbons (Fsp3) is 0.778. The summed E-state index contributed by atoms with van der Waals surface area (Å²) < 4.78 is 14.9. The lowest BCUT2D eigenvalue weighted by Crippen LogP contribution is -2.05. The second kappa shape index (κ2) is 6.49. The number of aliphatic hydroxyl groups is 1. The summed E-state index contributed by atoms with van der Waals surface area (Å²) >= 11 is 0. The van der Waals surface area contributed by atoms with Crippen LogP contribution in [-0.2, 0) is 15.9 Å². The second-order valence-corrected chi connectivity index (χ2v) is 3.08. The first kappa shape index (κ1) is 12.1. The van der Waals surface area contributed by atoms with Crippen molar-refractivity contribution in [3.8, 4) is 0 Å². The third-order valence-electron chi connectivity index (χ3n) is 1.74. The van der Waals surface area contributed by atoms with E-state index >= 15 is 0 Å². The van der Waals surface area contributed by atoms with Gasteiger partial charge in [0.05, 0.1) is 19.8 Å². The lowest BCUT2D eigenvalue weighted by molar-refractivity contribution is 0.0714. The van der Waals surface area contributed by atoms with Crippen molar-refractivity contribution in [3.63, 3.8) is 0 Å². The molecule has 1 atom stereocenters. The quantitative estimate of drug-likeness (QED) is 0.662. The van der Waals surface area contributed by atoms with E-state index in [-0.39, 0.29) is 5.89 Å². The van der Waals surface area contributed by atoms with Crippen molar-refractivity contribution in [2.45, 2.75) is 19.4 Å². The molecular weight excluding hydrogens is 200 g/mol. The van der Waals surface area contributed by atoms with Crippen molar-refractivity contribution in [2.24, 2.45) is 0 Å². The van der Waals surface area contributed by atoms with Crippen LogP contribution in [0.5, 0.6) is 0 Å². The van der Waals surface area contributed by atoms with E-state index in [2.05, 4.69) is 10.1 Å². The molecule has 0 amide bonds. The zero-order valence-electron chi connectivity index (χ0n) is 8.97. The Balaban J connectivity index is 2.20. The van der Waals surface area contributed by atoms with Crippen molar-refractivity contribution in [3.05, 3.63) is 11.7 Å². The molecule has 0 fully saturated rings. The summed E-state index contributed by atoms with van der Waals surface area (Å²) in [5.74, 6) is 0.783. The monoisotopic (exact) mass is 216 g/mol. The first-order chi connectivity index (χ1) is 7.24. The zero-order chi connectivity index (χ0) is 11.1. The van der Waals surface area contributed by atoms with Crippen LogP contribution in [0.2, 0.25) is 0 Å². The Morgan fingerprint density at radius 2 is 2.20 bits per heavy atom. The van der Waals surface area contributed by atoms with Crippen molar-refractivity contribution < 1.29 is 19.1 Å². The van der Waals surface area contributed by atoms with Crippen LogP contribution >= 0.6 is 0 Å². The number of nitrogens with zero attached hydrogens (tertiary/aromatic N) is 2. The molecule has 0 aromatic carbocycles. The molecule has 0 radical (unpaired) electrons. The number of hydrogen-bond donors (Lipinski definition) is 1. The largest absolute Gasteiger partial charge is 0.384 e. The van der Waals surface area contributed by atoms with E-state index in [4.69, 9.17) is 19.1 Å². The maximum absolute atomic E-state index is 9.13. The van der Waals surface area contributed by atoms with Gasteiger partial charge >= 0.3 is 0 Å². The Morgan fingerprint density at radius 1 is 1.40 bits per heavy atom. The Morgan fingerprint density at radius 3 is 2.80 bits per heavy atom. The minimum Gasteiger partial charge on any atom is -0.384 e. The Hall–Kier alpha value is -0.980. The van der Waals surface area contributed by atoms with Crippen LogP contribution in [0, 0.1) is 0 Å². The molecule has 15 heavy (non-hydrogen) atoms. The van der Waals surface area contributed by atoms with Crippen LogP contribution in [0.3, 0.4) is 0 Å². The minimum atomic E-state index is -0.722. The van der Waals surface area contributed by atoms with E-state index < -0.39 is 6.10 Å². The first-order valence-corrected chi connectivity index (χ1v) is 4.81. The fourth-order valence-electron chi connectivity index (χ4n) is 0.946. The highest BCUT2D eigenvalue weighted by Crippen LogP contribution is 2.08. The molecule has 1 N–H and O–H groups in total. The van der Waals surface area contributed by atoms with Gasteiger partial charge in [-0.3, -0.25) is 0 Å². The van der Waals surface area contributed by atoms with E-state index in [9.17, 15) is 0 Å². The molecule has 0 spiro atoms. The van der Waals surface area contributed by atoms with Gasteiger partial charge in [0.15, 0.2) is 5.82 Å². The van der Waals surface area contributed by atoms with Crippen molar-refractivity contribution in [1.29, 1.82) is 0 Å². The Labute approximate surface area is 88.2 Å². The topological polar surface area (TPSA) is 77.6 Å². The molecule has 1 heterocycles. The number of hydrogen-bond acceptors (Lipinski definition) is 6. The van der Waals surface area contributed by atoms with Crippen LogP contribution in [0.4, 0.5) is 0 Å². The van der Waals surface area contributed by atoms with E-state index in [0.717, 1.165) is 0 Å². The molecule has 1 rings (SSSR count). The fourth-order valence-corrected chi connectivity index (χ4v) is 0.946. The number of aliphatic hydroxyl groups excluding tert-OH is 1. The van der Waals surface area contributed by atoms with Gasteiger partial charge < -0.3 is 19.1 Å². The molecule has 0 aliphatic rings. The van der Waals surface area contributed by atoms with Gasteiger partial charge in [-0.15, -0.1) is 0 Å². The molecular formula is C9H16N2O4. The van der Waals surface area contributed by atoms with Crippen LogP contribution in [-0.4, -0.2) is 42.2 Å². The van der Waals surface area contributed by atoms with E-state index in [1.165, 1.54) is 0 Å². The predicted molar refractivity (Wildman–Crippen MR) is 51.3 cm³/mol. The summed E-state index contributed by atoms with van der Waals surface area (Å²) in [5, 5.41) is 12.8.